The molecule has 0 saturated carbocycles. The molecule has 4 nitrogen and oxygen atoms in total. The number of Topliss-reactive ketones (excluding diaryl/α,β-unsaturated/α-hetero) is 1. The van der Waals surface area contributed by atoms with Crippen molar-refractivity contribution < 1.29 is 4.79 Å². The number of carbonyl (C=O) groups excluding carboxylic acids is 1. The van der Waals surface area contributed by atoms with E-state index in [-0.39, 0.29) is 5.78 Å². The lowest BCUT2D eigenvalue weighted by Gasteiger charge is -2.13. The first kappa shape index (κ1) is 8.79. The SMILES string of the molecule is Nc1nc2ncc3c(c2s1)CCCC3=O. The van der Waals surface area contributed by atoms with Crippen LogP contribution in [0.15, 0.2) is 6.20 Å². The second kappa shape index (κ2) is 3.00. The van der Waals surface area contributed by atoms with Gasteiger partial charge in [0.25, 0.3) is 0 Å². The number of hydrogen-bond acceptors (Lipinski definition) is 5. The van der Waals surface area contributed by atoms with E-state index in [9.17, 15) is 4.79 Å². The molecular formula is C10H9N3OS. The van der Waals surface area contributed by atoms with Crippen molar-refractivity contribution in [3.05, 3.63) is 17.3 Å². The highest BCUT2D eigenvalue weighted by Crippen LogP contribution is 2.32. The van der Waals surface area contributed by atoms with Crippen molar-refractivity contribution in [2.24, 2.45) is 0 Å². The van der Waals surface area contributed by atoms with Crippen LogP contribution in [0.5, 0.6) is 0 Å². The molecular weight excluding hydrogens is 210 g/mol. The van der Waals surface area contributed by atoms with Crippen LogP contribution in [0.1, 0.15) is 28.8 Å². The molecule has 2 heterocycles. The van der Waals surface area contributed by atoms with E-state index in [2.05, 4.69) is 9.97 Å². The minimum Gasteiger partial charge on any atom is -0.375 e. The standard InChI is InChI=1S/C10H9N3OS/c11-10-13-9-8(15-10)5-2-1-3-7(14)6(5)4-12-9/h4H,1-3H2,(H2,11,12,13). The van der Waals surface area contributed by atoms with Gasteiger partial charge in [-0.05, 0) is 18.4 Å². The molecule has 2 aromatic rings. The maximum atomic E-state index is 11.6. The van der Waals surface area contributed by atoms with Crippen LogP contribution in [-0.2, 0) is 6.42 Å². The van der Waals surface area contributed by atoms with Gasteiger partial charge in [0, 0.05) is 18.2 Å². The lowest BCUT2D eigenvalue weighted by atomic mass is 9.92. The molecule has 0 atom stereocenters. The van der Waals surface area contributed by atoms with Crippen LogP contribution >= 0.6 is 11.3 Å². The number of fused-ring (bicyclic) bond motifs is 3. The Balaban J connectivity index is 2.37. The van der Waals surface area contributed by atoms with E-state index < -0.39 is 0 Å². The van der Waals surface area contributed by atoms with Gasteiger partial charge in [-0.1, -0.05) is 11.3 Å². The van der Waals surface area contributed by atoms with Gasteiger partial charge in [-0.15, -0.1) is 0 Å². The maximum absolute atomic E-state index is 11.6. The molecule has 0 aliphatic heterocycles. The minimum absolute atomic E-state index is 0.192. The van der Waals surface area contributed by atoms with Crippen LogP contribution in [-0.4, -0.2) is 15.8 Å². The zero-order valence-corrected chi connectivity index (χ0v) is 8.80. The highest BCUT2D eigenvalue weighted by Gasteiger charge is 2.21. The van der Waals surface area contributed by atoms with E-state index in [1.165, 1.54) is 11.3 Å². The summed E-state index contributed by atoms with van der Waals surface area (Å²) in [4.78, 5) is 19.9. The molecule has 5 heteroatoms. The summed E-state index contributed by atoms with van der Waals surface area (Å²) < 4.78 is 0.984. The van der Waals surface area contributed by atoms with Gasteiger partial charge >= 0.3 is 0 Å². The summed E-state index contributed by atoms with van der Waals surface area (Å²) in [5.74, 6) is 0.192. The summed E-state index contributed by atoms with van der Waals surface area (Å²) >= 11 is 1.42. The molecule has 1 aliphatic carbocycles. The largest absolute Gasteiger partial charge is 0.375 e. The van der Waals surface area contributed by atoms with Crippen LogP contribution in [0.4, 0.5) is 5.13 Å². The number of ketones is 1. The molecule has 1 aliphatic rings. The first-order valence-electron chi connectivity index (χ1n) is 4.83. The molecule has 76 valence electrons. The fraction of sp³-hybridized carbons (Fsp3) is 0.300. The molecule has 3 rings (SSSR count). The Kier molecular flexibility index (Phi) is 1.76. The van der Waals surface area contributed by atoms with Crippen molar-refractivity contribution in [1.29, 1.82) is 0 Å². The number of thiazole rings is 1. The number of nitrogens with two attached hydrogens (primary N) is 1. The quantitative estimate of drug-likeness (QED) is 0.733. The lowest BCUT2D eigenvalue weighted by Crippen LogP contribution is -2.11. The number of anilines is 1. The fourth-order valence-corrected chi connectivity index (χ4v) is 2.85. The summed E-state index contributed by atoms with van der Waals surface area (Å²) in [5.41, 5.74) is 8.16. The molecule has 0 fully saturated rings. The Labute approximate surface area is 90.1 Å². The smallest absolute Gasteiger partial charge is 0.182 e. The average Bonchev–Trinajstić information content (AvgIpc) is 2.59. The Morgan fingerprint density at radius 1 is 1.40 bits per heavy atom. The van der Waals surface area contributed by atoms with Crippen LogP contribution in [0.3, 0.4) is 0 Å². The van der Waals surface area contributed by atoms with Crippen molar-refractivity contribution in [2.75, 3.05) is 5.73 Å². The Morgan fingerprint density at radius 3 is 3.13 bits per heavy atom. The molecule has 0 spiro atoms. The summed E-state index contributed by atoms with van der Waals surface area (Å²) in [6.07, 6.45) is 4.12. The third kappa shape index (κ3) is 1.23. The summed E-state index contributed by atoms with van der Waals surface area (Å²) in [5, 5.41) is 0.518. The van der Waals surface area contributed by atoms with E-state index in [0.29, 0.717) is 17.2 Å². The zero-order chi connectivity index (χ0) is 10.4. The van der Waals surface area contributed by atoms with Crippen molar-refractivity contribution in [3.63, 3.8) is 0 Å². The van der Waals surface area contributed by atoms with Gasteiger partial charge in [0.2, 0.25) is 0 Å². The van der Waals surface area contributed by atoms with Gasteiger partial charge in [-0.25, -0.2) is 9.97 Å². The van der Waals surface area contributed by atoms with E-state index >= 15 is 0 Å². The number of hydrogen-bond donors (Lipinski definition) is 1. The summed E-state index contributed by atoms with van der Waals surface area (Å²) in [7, 11) is 0. The molecule has 2 aromatic heterocycles. The number of nitrogens with zero attached hydrogens (tertiary/aromatic N) is 2. The lowest BCUT2D eigenvalue weighted by molar-refractivity contribution is 0.0972. The highest BCUT2D eigenvalue weighted by atomic mass is 32.1. The number of aromatic nitrogens is 2. The second-order valence-corrected chi connectivity index (χ2v) is 4.66. The van der Waals surface area contributed by atoms with Crippen LogP contribution < -0.4 is 5.73 Å². The van der Waals surface area contributed by atoms with Gasteiger partial charge < -0.3 is 5.73 Å². The van der Waals surface area contributed by atoms with Gasteiger partial charge in [0.1, 0.15) is 0 Å². The van der Waals surface area contributed by atoms with Crippen molar-refractivity contribution >= 4 is 32.6 Å². The predicted molar refractivity (Wildman–Crippen MR) is 59.1 cm³/mol. The molecule has 0 unspecified atom stereocenters. The molecule has 2 N–H and O–H groups in total. The number of carbonyl (C=O) groups is 1. The fourth-order valence-electron chi connectivity index (χ4n) is 1.99. The van der Waals surface area contributed by atoms with Crippen molar-refractivity contribution in [3.8, 4) is 0 Å². The second-order valence-electron chi connectivity index (χ2n) is 3.63. The zero-order valence-electron chi connectivity index (χ0n) is 7.99. The number of pyridine rings is 1. The molecule has 15 heavy (non-hydrogen) atoms. The normalized spacial score (nSPS) is 15.6. The van der Waals surface area contributed by atoms with Crippen molar-refractivity contribution in [1.82, 2.24) is 9.97 Å². The summed E-state index contributed by atoms with van der Waals surface area (Å²) in [6, 6.07) is 0. The average molecular weight is 219 g/mol. The minimum atomic E-state index is 0.192. The molecule has 0 amide bonds. The van der Waals surface area contributed by atoms with E-state index in [1.54, 1.807) is 6.20 Å². The summed E-state index contributed by atoms with van der Waals surface area (Å²) in [6.45, 7) is 0. The number of aryl methyl sites for hydroxylation is 1. The van der Waals surface area contributed by atoms with Gasteiger partial charge in [0.05, 0.1) is 4.70 Å². The van der Waals surface area contributed by atoms with E-state index in [0.717, 1.165) is 28.7 Å². The van der Waals surface area contributed by atoms with Gasteiger partial charge in [-0.2, -0.15) is 0 Å². The van der Waals surface area contributed by atoms with Crippen LogP contribution in [0.2, 0.25) is 0 Å². The Morgan fingerprint density at radius 2 is 2.27 bits per heavy atom. The molecule has 0 radical (unpaired) electrons. The predicted octanol–water partition coefficient (Wildman–Crippen LogP) is 1.79. The van der Waals surface area contributed by atoms with Gasteiger partial charge in [-0.3, -0.25) is 4.79 Å². The number of nitrogen functional groups attached to an aromatic ring is 1. The first-order chi connectivity index (χ1) is 7.25. The highest BCUT2D eigenvalue weighted by molar-refractivity contribution is 7.22. The first-order valence-corrected chi connectivity index (χ1v) is 5.64. The molecule has 0 bridgehead atoms. The van der Waals surface area contributed by atoms with E-state index in [4.69, 9.17) is 5.73 Å². The van der Waals surface area contributed by atoms with Gasteiger partial charge in [0.15, 0.2) is 16.6 Å². The molecule has 0 saturated heterocycles. The number of rotatable bonds is 0. The Bertz CT molecular complexity index is 561. The molecule has 0 aromatic carbocycles. The maximum Gasteiger partial charge on any atom is 0.182 e. The monoisotopic (exact) mass is 219 g/mol. The van der Waals surface area contributed by atoms with Crippen molar-refractivity contribution in [2.45, 2.75) is 19.3 Å². The third-order valence-electron chi connectivity index (χ3n) is 2.67. The van der Waals surface area contributed by atoms with E-state index in [1.807, 2.05) is 0 Å². The third-order valence-corrected chi connectivity index (χ3v) is 3.61. The topological polar surface area (TPSA) is 68.9 Å². The van der Waals surface area contributed by atoms with Crippen LogP contribution in [0, 0.1) is 0 Å². The van der Waals surface area contributed by atoms with Crippen LogP contribution in [0.25, 0.3) is 10.3 Å². The Hall–Kier alpha value is -1.49.